The van der Waals surface area contributed by atoms with Crippen molar-refractivity contribution in [3.8, 4) is 11.3 Å². The van der Waals surface area contributed by atoms with Crippen molar-refractivity contribution in [2.45, 2.75) is 4.90 Å². The summed E-state index contributed by atoms with van der Waals surface area (Å²) in [6.07, 6.45) is 2.03. The van der Waals surface area contributed by atoms with Gasteiger partial charge in [0.1, 0.15) is 5.69 Å². The molecule has 1 heterocycles. The average molecular weight is 244 g/mol. The van der Waals surface area contributed by atoms with E-state index in [0.717, 1.165) is 11.3 Å². The van der Waals surface area contributed by atoms with Crippen molar-refractivity contribution < 1.29 is 4.79 Å². The van der Waals surface area contributed by atoms with E-state index < -0.39 is 5.91 Å². The van der Waals surface area contributed by atoms with Crippen molar-refractivity contribution >= 4 is 17.7 Å². The molecule has 0 spiro atoms. The second kappa shape index (κ2) is 5.01. The zero-order valence-electron chi connectivity index (χ0n) is 9.38. The molecule has 2 rings (SSSR count). The van der Waals surface area contributed by atoms with E-state index in [0.29, 0.717) is 0 Å². The number of carbonyl (C=O) groups is 1. The monoisotopic (exact) mass is 244 g/mol. The summed E-state index contributed by atoms with van der Waals surface area (Å²) in [6.45, 7) is 0. The Hall–Kier alpha value is -1.81. The number of nitrogens with two attached hydrogens (primary N) is 1. The number of amides is 1. The quantitative estimate of drug-likeness (QED) is 0.844. The normalized spacial score (nSPS) is 10.2. The van der Waals surface area contributed by atoms with Crippen LogP contribution in [-0.2, 0) is 0 Å². The Morgan fingerprint density at radius 2 is 1.88 bits per heavy atom. The summed E-state index contributed by atoms with van der Waals surface area (Å²) in [5, 5.41) is 0. The number of hydrogen-bond donors (Lipinski definition) is 1. The van der Waals surface area contributed by atoms with Gasteiger partial charge in [-0.1, -0.05) is 18.2 Å². The van der Waals surface area contributed by atoms with Gasteiger partial charge in [0, 0.05) is 10.5 Å². The van der Waals surface area contributed by atoms with Crippen molar-refractivity contribution in [1.82, 2.24) is 4.98 Å². The maximum atomic E-state index is 11.0. The lowest BCUT2D eigenvalue weighted by atomic mass is 10.1. The molecule has 17 heavy (non-hydrogen) atoms. The Kier molecular flexibility index (Phi) is 3.44. The minimum absolute atomic E-state index is 0.288. The summed E-state index contributed by atoms with van der Waals surface area (Å²) in [5.74, 6) is -0.507. The fraction of sp³-hybridized carbons (Fsp3) is 0.0769. The van der Waals surface area contributed by atoms with Crippen molar-refractivity contribution in [3.05, 3.63) is 48.2 Å². The summed E-state index contributed by atoms with van der Waals surface area (Å²) in [4.78, 5) is 16.5. The maximum Gasteiger partial charge on any atom is 0.267 e. The number of carbonyl (C=O) groups excluding carboxylic acids is 1. The molecule has 0 atom stereocenters. The Balaban J connectivity index is 2.38. The molecule has 0 saturated heterocycles. The average Bonchev–Trinajstić information content (AvgIpc) is 2.39. The first kappa shape index (κ1) is 11.7. The lowest BCUT2D eigenvalue weighted by molar-refractivity contribution is 0.0995. The number of aromatic nitrogens is 1. The lowest BCUT2D eigenvalue weighted by Gasteiger charge is -2.03. The molecule has 1 aromatic heterocycles. The van der Waals surface area contributed by atoms with E-state index in [9.17, 15) is 4.79 Å². The highest BCUT2D eigenvalue weighted by Crippen LogP contribution is 2.21. The molecule has 0 radical (unpaired) electrons. The zero-order chi connectivity index (χ0) is 12.3. The molecule has 2 aromatic rings. The molecule has 0 bridgehead atoms. The number of nitrogens with zero attached hydrogens (tertiary/aromatic N) is 1. The summed E-state index contributed by atoms with van der Waals surface area (Å²) in [7, 11) is 0. The van der Waals surface area contributed by atoms with Crippen LogP contribution in [0.1, 0.15) is 10.5 Å². The van der Waals surface area contributed by atoms with Crippen LogP contribution in [0.15, 0.2) is 47.4 Å². The molecule has 0 aliphatic heterocycles. The molecule has 4 heteroatoms. The summed E-state index contributed by atoms with van der Waals surface area (Å²) < 4.78 is 0. The SMILES string of the molecule is CSc1ccc(-c2cccc(C(N)=O)n2)cc1. The number of primary amides is 1. The Bertz CT molecular complexity index is 537. The molecule has 2 N–H and O–H groups in total. The van der Waals surface area contributed by atoms with Gasteiger partial charge in [0.15, 0.2) is 0 Å². The second-order valence-corrected chi connectivity index (χ2v) is 4.38. The van der Waals surface area contributed by atoms with Crippen molar-refractivity contribution in [2.75, 3.05) is 6.26 Å². The molecular weight excluding hydrogens is 232 g/mol. The molecule has 0 saturated carbocycles. The van der Waals surface area contributed by atoms with Crippen molar-refractivity contribution in [3.63, 3.8) is 0 Å². The predicted molar refractivity (Wildman–Crippen MR) is 70.0 cm³/mol. The minimum Gasteiger partial charge on any atom is -0.364 e. The Labute approximate surface area is 104 Å². The first-order chi connectivity index (χ1) is 8.20. The number of thioether (sulfide) groups is 1. The van der Waals surface area contributed by atoms with Gasteiger partial charge in [0.05, 0.1) is 5.69 Å². The fourth-order valence-electron chi connectivity index (χ4n) is 1.49. The molecule has 0 fully saturated rings. The van der Waals surface area contributed by atoms with Gasteiger partial charge < -0.3 is 5.73 Å². The highest BCUT2D eigenvalue weighted by Gasteiger charge is 2.04. The van der Waals surface area contributed by atoms with Gasteiger partial charge in [-0.15, -0.1) is 11.8 Å². The van der Waals surface area contributed by atoms with Crippen LogP contribution >= 0.6 is 11.8 Å². The van der Waals surface area contributed by atoms with E-state index in [4.69, 9.17) is 5.73 Å². The molecule has 0 aliphatic carbocycles. The van der Waals surface area contributed by atoms with Crippen molar-refractivity contribution in [2.24, 2.45) is 5.73 Å². The minimum atomic E-state index is -0.507. The largest absolute Gasteiger partial charge is 0.364 e. The topological polar surface area (TPSA) is 56.0 Å². The van der Waals surface area contributed by atoms with Gasteiger partial charge in [-0.3, -0.25) is 4.79 Å². The molecule has 0 aliphatic rings. The van der Waals surface area contributed by atoms with Crippen LogP contribution in [0.2, 0.25) is 0 Å². The van der Waals surface area contributed by atoms with E-state index in [1.54, 1.807) is 23.9 Å². The lowest BCUT2D eigenvalue weighted by Crippen LogP contribution is -2.12. The van der Waals surface area contributed by atoms with E-state index in [1.165, 1.54) is 4.90 Å². The van der Waals surface area contributed by atoms with Crippen LogP contribution in [0.5, 0.6) is 0 Å². The van der Waals surface area contributed by atoms with Crippen LogP contribution in [0.3, 0.4) is 0 Å². The predicted octanol–water partition coefficient (Wildman–Crippen LogP) is 2.57. The Morgan fingerprint density at radius 3 is 2.47 bits per heavy atom. The summed E-state index contributed by atoms with van der Waals surface area (Å²) in [6, 6.07) is 13.3. The maximum absolute atomic E-state index is 11.0. The number of rotatable bonds is 3. The van der Waals surface area contributed by atoms with Crippen LogP contribution < -0.4 is 5.73 Å². The van der Waals surface area contributed by atoms with Gasteiger partial charge in [0.25, 0.3) is 5.91 Å². The standard InChI is InChI=1S/C13H12N2OS/c1-17-10-7-5-9(6-8-10)11-3-2-4-12(15-11)13(14)16/h2-8H,1H3,(H2,14,16). The van der Waals surface area contributed by atoms with Crippen LogP contribution in [-0.4, -0.2) is 17.1 Å². The second-order valence-electron chi connectivity index (χ2n) is 3.50. The fourth-order valence-corrected chi connectivity index (χ4v) is 1.90. The van der Waals surface area contributed by atoms with Gasteiger partial charge in [-0.25, -0.2) is 4.98 Å². The first-order valence-corrected chi connectivity index (χ1v) is 6.34. The zero-order valence-corrected chi connectivity index (χ0v) is 10.2. The van der Waals surface area contributed by atoms with Gasteiger partial charge >= 0.3 is 0 Å². The van der Waals surface area contributed by atoms with Gasteiger partial charge in [0.2, 0.25) is 0 Å². The molecule has 1 aromatic carbocycles. The highest BCUT2D eigenvalue weighted by atomic mass is 32.2. The number of hydrogen-bond acceptors (Lipinski definition) is 3. The van der Waals surface area contributed by atoms with E-state index in [1.807, 2.05) is 36.6 Å². The molecule has 1 amide bonds. The third-order valence-corrected chi connectivity index (χ3v) is 3.13. The smallest absolute Gasteiger partial charge is 0.267 e. The highest BCUT2D eigenvalue weighted by molar-refractivity contribution is 7.98. The van der Waals surface area contributed by atoms with Crippen molar-refractivity contribution in [1.29, 1.82) is 0 Å². The van der Waals surface area contributed by atoms with E-state index in [-0.39, 0.29) is 5.69 Å². The molecular formula is C13H12N2OS. The third-order valence-electron chi connectivity index (χ3n) is 2.39. The van der Waals surface area contributed by atoms with Crippen LogP contribution in [0.4, 0.5) is 0 Å². The molecule has 0 unspecified atom stereocenters. The summed E-state index contributed by atoms with van der Waals surface area (Å²) in [5.41, 5.74) is 7.23. The first-order valence-electron chi connectivity index (χ1n) is 5.12. The summed E-state index contributed by atoms with van der Waals surface area (Å²) >= 11 is 1.69. The van der Waals surface area contributed by atoms with E-state index >= 15 is 0 Å². The molecule has 3 nitrogen and oxygen atoms in total. The number of pyridine rings is 1. The number of benzene rings is 1. The third kappa shape index (κ3) is 2.65. The van der Waals surface area contributed by atoms with Crippen LogP contribution in [0, 0.1) is 0 Å². The van der Waals surface area contributed by atoms with E-state index in [2.05, 4.69) is 4.98 Å². The van der Waals surface area contributed by atoms with Crippen LogP contribution in [0.25, 0.3) is 11.3 Å². The molecule has 86 valence electrons. The Morgan fingerprint density at radius 1 is 1.18 bits per heavy atom. The van der Waals surface area contributed by atoms with Gasteiger partial charge in [-0.05, 0) is 30.5 Å². The van der Waals surface area contributed by atoms with Gasteiger partial charge in [-0.2, -0.15) is 0 Å².